The Morgan fingerprint density at radius 1 is 0.788 bits per heavy atom. The number of nitrogens with zero attached hydrogens (tertiary/aromatic N) is 2. The van der Waals surface area contributed by atoms with Crippen molar-refractivity contribution in [3.8, 4) is 23.0 Å². The van der Waals surface area contributed by atoms with Gasteiger partial charge in [0.1, 0.15) is 6.54 Å². The van der Waals surface area contributed by atoms with Crippen molar-refractivity contribution in [1.82, 2.24) is 0 Å². The van der Waals surface area contributed by atoms with E-state index in [-0.39, 0.29) is 37.9 Å². The van der Waals surface area contributed by atoms with Gasteiger partial charge in [-0.3, -0.25) is 9.11 Å². The largest absolute Gasteiger partial charge is 0.454 e. The lowest BCUT2D eigenvalue weighted by Gasteiger charge is -2.27. The molecule has 0 fully saturated rings. The first-order valence-electron chi connectivity index (χ1n) is 17.1. The van der Waals surface area contributed by atoms with E-state index in [9.17, 15) is 25.9 Å². The molecule has 2 N–H and O–H groups in total. The molecular weight excluding hydrogens is 732 g/mol. The molecule has 2 aromatic carbocycles. The van der Waals surface area contributed by atoms with Crippen molar-refractivity contribution in [3.05, 3.63) is 81.6 Å². The van der Waals surface area contributed by atoms with Crippen molar-refractivity contribution in [1.29, 1.82) is 0 Å². The molecule has 0 spiro atoms. The topological polar surface area (TPSA) is 152 Å². The van der Waals surface area contributed by atoms with Gasteiger partial charge in [0, 0.05) is 52.5 Å². The van der Waals surface area contributed by atoms with Gasteiger partial charge < -0.3 is 23.8 Å². The Morgan fingerprint density at radius 2 is 1.38 bits per heavy atom. The van der Waals surface area contributed by atoms with Crippen LogP contribution in [-0.2, 0) is 31.1 Å². The average molecular weight is 774 g/mol. The first-order valence-corrected chi connectivity index (χ1v) is 20.7. The maximum Gasteiger partial charge on any atom is 0.265 e. The lowest BCUT2D eigenvalue weighted by Crippen LogP contribution is -2.28. The van der Waals surface area contributed by atoms with Crippen molar-refractivity contribution in [2.24, 2.45) is 0 Å². The third kappa shape index (κ3) is 6.86. The molecule has 0 atom stereocenters. The van der Waals surface area contributed by atoms with Gasteiger partial charge >= 0.3 is 0 Å². The number of fused-ring (bicyclic) bond motifs is 4. The number of rotatable bonds is 11. The first kappa shape index (κ1) is 36.5. The van der Waals surface area contributed by atoms with Crippen LogP contribution in [0.15, 0.2) is 70.4 Å². The molecule has 7 rings (SSSR count). The Labute approximate surface area is 309 Å². The molecule has 0 unspecified atom stereocenters. The molecule has 4 heterocycles. The van der Waals surface area contributed by atoms with Crippen LogP contribution in [0.5, 0.6) is 23.0 Å². The number of hydrogen-bond donors (Lipinski definition) is 2. The highest BCUT2D eigenvalue weighted by molar-refractivity contribution is 7.86. The Balaban J connectivity index is 1.20. The molecule has 5 aliphatic rings. The van der Waals surface area contributed by atoms with Gasteiger partial charge in [0.25, 0.3) is 20.2 Å². The molecular formula is C37H42ClN2O10S2+. The molecule has 4 aliphatic heterocycles. The summed E-state index contributed by atoms with van der Waals surface area (Å²) in [5, 5.41) is 0.646. The smallest absolute Gasteiger partial charge is 0.265 e. The number of hydrogen-bond acceptors (Lipinski definition) is 9. The second-order valence-corrected chi connectivity index (χ2v) is 18.1. The minimum Gasteiger partial charge on any atom is -0.454 e. The summed E-state index contributed by atoms with van der Waals surface area (Å²) in [5.74, 6) is 1.87. The van der Waals surface area contributed by atoms with Crippen LogP contribution in [0.4, 0.5) is 11.4 Å². The highest BCUT2D eigenvalue weighted by Crippen LogP contribution is 2.53. The molecule has 0 saturated carbocycles. The number of halogens is 1. The van der Waals surface area contributed by atoms with Crippen LogP contribution >= 0.6 is 11.6 Å². The quantitative estimate of drug-likeness (QED) is 0.190. The summed E-state index contributed by atoms with van der Waals surface area (Å²) in [6, 6.07) is 7.80. The molecule has 12 nitrogen and oxygen atoms in total. The maximum absolute atomic E-state index is 11.6. The lowest BCUT2D eigenvalue weighted by atomic mass is 9.81. The van der Waals surface area contributed by atoms with Crippen LogP contribution in [0.25, 0.3) is 0 Å². The number of ether oxygens (including phenoxy) is 4. The molecule has 2 aromatic rings. The van der Waals surface area contributed by atoms with Crippen LogP contribution in [0.1, 0.15) is 64.5 Å². The van der Waals surface area contributed by atoms with E-state index in [0.29, 0.717) is 54.0 Å². The fourth-order valence-corrected chi connectivity index (χ4v) is 9.08. The van der Waals surface area contributed by atoms with E-state index in [0.717, 1.165) is 45.1 Å². The summed E-state index contributed by atoms with van der Waals surface area (Å²) in [7, 11) is -8.24. The summed E-state index contributed by atoms with van der Waals surface area (Å²) in [6.45, 7) is 9.42. The van der Waals surface area contributed by atoms with Crippen molar-refractivity contribution in [2.45, 2.75) is 64.2 Å². The zero-order chi connectivity index (χ0) is 37.2. The molecule has 0 aromatic heterocycles. The van der Waals surface area contributed by atoms with Gasteiger partial charge in [0.15, 0.2) is 28.7 Å². The van der Waals surface area contributed by atoms with E-state index in [1.54, 1.807) is 0 Å². The highest BCUT2D eigenvalue weighted by atomic mass is 35.5. The van der Waals surface area contributed by atoms with E-state index in [4.69, 9.17) is 30.5 Å². The normalized spacial score (nSPS) is 21.4. The van der Waals surface area contributed by atoms with Gasteiger partial charge in [-0.25, -0.2) is 0 Å². The highest BCUT2D eigenvalue weighted by Gasteiger charge is 2.46. The van der Waals surface area contributed by atoms with Gasteiger partial charge in [0.05, 0.1) is 23.0 Å². The zero-order valence-electron chi connectivity index (χ0n) is 29.4. The predicted molar refractivity (Wildman–Crippen MR) is 198 cm³/mol. The standard InChI is InChI=1S/C37H41ClN2O10S2/c1-36(2)25-17-29-31(49-21-47-29)19-27(25)39(13-5-15-51(41,42)43)33(36)11-9-23-7-8-24(35(23)38)10-12-34-37(3,4)26-18-30-32(50-22-48-30)20-28(26)40(34)14-6-16-52(44,45)46/h9-12,17-20H,5-8,13-16,21-22H2,1-4H3,(H-,41,42,43,44,45,46)/p+1. The van der Waals surface area contributed by atoms with E-state index >= 15 is 0 Å². The first-order chi connectivity index (χ1) is 24.4. The maximum atomic E-state index is 11.6. The summed E-state index contributed by atoms with van der Waals surface area (Å²) in [5.41, 5.74) is 6.73. The molecule has 15 heteroatoms. The minimum absolute atomic E-state index is 0.138. The molecule has 278 valence electrons. The SMILES string of the molecule is CC1(C)C(/C=C/C2=C(Cl)C(=C/C=C3/N(CCCS(=O)(=O)O)c4cc5c(cc4C3(C)C)OCO5)/CC2)=[N+](CCCS(=O)(=O)O)c2cc3c(cc21)OCO3. The van der Waals surface area contributed by atoms with Crippen LogP contribution in [0.3, 0.4) is 0 Å². The molecule has 0 bridgehead atoms. The monoisotopic (exact) mass is 773 g/mol. The number of anilines is 1. The number of allylic oxidation sites excluding steroid dienone is 8. The lowest BCUT2D eigenvalue weighted by molar-refractivity contribution is -0.437. The Kier molecular flexibility index (Phi) is 9.30. The number of benzene rings is 2. The van der Waals surface area contributed by atoms with Crippen LogP contribution in [0, 0.1) is 0 Å². The van der Waals surface area contributed by atoms with Crippen LogP contribution in [-0.4, -0.2) is 74.4 Å². The van der Waals surface area contributed by atoms with Gasteiger partial charge in [0.2, 0.25) is 19.3 Å². The van der Waals surface area contributed by atoms with Crippen molar-refractivity contribution in [3.63, 3.8) is 0 Å². The second kappa shape index (κ2) is 13.2. The third-order valence-electron chi connectivity index (χ3n) is 10.5. The van der Waals surface area contributed by atoms with Gasteiger partial charge in [-0.05, 0) is 68.0 Å². The van der Waals surface area contributed by atoms with Gasteiger partial charge in [-0.15, -0.1) is 0 Å². The van der Waals surface area contributed by atoms with Crippen LogP contribution in [0.2, 0.25) is 0 Å². The fraction of sp³-hybridized carbons (Fsp3) is 0.432. The Hall–Kier alpha value is -3.82. The van der Waals surface area contributed by atoms with E-state index < -0.39 is 31.1 Å². The molecule has 0 radical (unpaired) electrons. The molecule has 52 heavy (non-hydrogen) atoms. The van der Waals surface area contributed by atoms with E-state index in [1.165, 1.54) is 0 Å². The molecule has 1 aliphatic carbocycles. The summed E-state index contributed by atoms with van der Waals surface area (Å²) in [6.07, 6.45) is 10.00. The second-order valence-electron chi connectivity index (χ2n) is 14.6. The fourth-order valence-electron chi connectivity index (χ4n) is 7.78. The average Bonchev–Trinajstić information content (AvgIpc) is 3.85. The molecule has 0 amide bonds. The van der Waals surface area contributed by atoms with Crippen molar-refractivity contribution >= 4 is 48.9 Å². The Bertz CT molecular complexity index is 2230. The van der Waals surface area contributed by atoms with Gasteiger partial charge in [-0.2, -0.15) is 21.4 Å². The van der Waals surface area contributed by atoms with E-state index in [2.05, 4.69) is 37.2 Å². The Morgan fingerprint density at radius 3 is 2.04 bits per heavy atom. The summed E-state index contributed by atoms with van der Waals surface area (Å²) >= 11 is 7.05. The van der Waals surface area contributed by atoms with E-state index in [1.807, 2.05) is 48.6 Å². The van der Waals surface area contributed by atoms with Gasteiger partial charge in [-0.1, -0.05) is 37.6 Å². The molecule has 0 saturated heterocycles. The summed E-state index contributed by atoms with van der Waals surface area (Å²) in [4.78, 5) is 2.08. The van der Waals surface area contributed by atoms with Crippen molar-refractivity contribution < 1.29 is 49.5 Å². The van der Waals surface area contributed by atoms with Crippen LogP contribution < -0.4 is 23.8 Å². The summed E-state index contributed by atoms with van der Waals surface area (Å²) < 4.78 is 89.8. The predicted octanol–water partition coefficient (Wildman–Crippen LogP) is 6.53. The zero-order valence-corrected chi connectivity index (χ0v) is 31.8. The third-order valence-corrected chi connectivity index (χ3v) is 12.5. The minimum atomic E-state index is -4.12. The van der Waals surface area contributed by atoms with Crippen molar-refractivity contribution in [2.75, 3.05) is 43.1 Å².